The van der Waals surface area contributed by atoms with Crippen molar-refractivity contribution in [3.63, 3.8) is 0 Å². The van der Waals surface area contributed by atoms with E-state index in [1.807, 2.05) is 0 Å². The molecule has 0 bridgehead atoms. The Hall–Kier alpha value is -0.530. The molecule has 192 valence electrons. The summed E-state index contributed by atoms with van der Waals surface area (Å²) in [5, 5.41) is 0. The van der Waals surface area contributed by atoms with Gasteiger partial charge in [0.25, 0.3) is 0 Å². The van der Waals surface area contributed by atoms with E-state index in [1.165, 1.54) is 57.8 Å². The highest BCUT2D eigenvalue weighted by molar-refractivity contribution is 5.66. The second-order valence-electron chi connectivity index (χ2n) is 15.5. The molecule has 2 nitrogen and oxygen atoms in total. The molecule has 0 N–H and O–H groups in total. The molecule has 11 atom stereocenters. The van der Waals surface area contributed by atoms with Crippen LogP contribution in [-0.4, -0.2) is 12.1 Å². The molecular weight excluding hydrogens is 416 g/mol. The van der Waals surface area contributed by atoms with Crippen LogP contribution in [0.4, 0.5) is 0 Å². The molecule has 0 spiro atoms. The van der Waals surface area contributed by atoms with Gasteiger partial charge in [0, 0.05) is 6.92 Å². The number of esters is 1. The van der Waals surface area contributed by atoms with Crippen LogP contribution >= 0.6 is 0 Å². The van der Waals surface area contributed by atoms with Crippen LogP contribution in [0.2, 0.25) is 0 Å². The minimum atomic E-state index is -0.0809. The third-order valence-electron chi connectivity index (χ3n) is 14.7. The molecule has 6 aliphatic rings. The number of rotatable bonds is 2. The van der Waals surface area contributed by atoms with Crippen LogP contribution in [0, 0.1) is 69.0 Å². The zero-order chi connectivity index (χ0) is 24.3. The summed E-state index contributed by atoms with van der Waals surface area (Å²) in [4.78, 5) is 11.6. The molecule has 0 aliphatic heterocycles. The van der Waals surface area contributed by atoms with Crippen molar-refractivity contribution in [3.05, 3.63) is 0 Å². The fourth-order valence-electron chi connectivity index (χ4n) is 12.3. The highest BCUT2D eigenvalue weighted by Gasteiger charge is 2.74. The van der Waals surface area contributed by atoms with Crippen LogP contribution < -0.4 is 0 Å². The van der Waals surface area contributed by atoms with Crippen molar-refractivity contribution in [1.82, 2.24) is 0 Å². The first-order valence-corrected chi connectivity index (χ1v) is 15.1. The molecule has 2 heteroatoms. The zero-order valence-corrected chi connectivity index (χ0v) is 23.3. The first-order chi connectivity index (χ1) is 15.9. The minimum absolute atomic E-state index is 0.0809. The van der Waals surface area contributed by atoms with E-state index in [0.717, 1.165) is 60.2 Å². The lowest BCUT2D eigenvalue weighted by atomic mass is 9.34. The van der Waals surface area contributed by atoms with E-state index in [4.69, 9.17) is 4.74 Å². The summed E-state index contributed by atoms with van der Waals surface area (Å²) >= 11 is 0. The van der Waals surface area contributed by atoms with Gasteiger partial charge < -0.3 is 4.74 Å². The summed E-state index contributed by atoms with van der Waals surface area (Å²) in [7, 11) is 0. The molecule has 6 saturated carbocycles. The predicted octanol–water partition coefficient (Wildman–Crippen LogP) is 8.29. The molecule has 0 heterocycles. The average molecular weight is 469 g/mol. The van der Waals surface area contributed by atoms with Gasteiger partial charge in [-0.05, 0) is 140 Å². The van der Waals surface area contributed by atoms with E-state index in [1.54, 1.807) is 6.92 Å². The normalized spacial score (nSPS) is 54.7. The van der Waals surface area contributed by atoms with Crippen molar-refractivity contribution in [3.8, 4) is 0 Å². The van der Waals surface area contributed by atoms with Gasteiger partial charge in [0.05, 0.1) is 0 Å². The SMILES string of the molecule is CC(=O)OC1CCC2C(CCC3C2CCC2C3C(C)C(C)(C)C3(C)CCC(C4(C)CC4)C23C)C1. The van der Waals surface area contributed by atoms with Gasteiger partial charge in [-0.15, -0.1) is 0 Å². The third kappa shape index (κ3) is 2.95. The Balaban J connectivity index is 1.32. The maximum absolute atomic E-state index is 11.6. The Morgan fingerprint density at radius 3 is 2.15 bits per heavy atom. The predicted molar refractivity (Wildman–Crippen MR) is 138 cm³/mol. The summed E-state index contributed by atoms with van der Waals surface area (Å²) < 4.78 is 5.69. The number of carbonyl (C=O) groups is 1. The van der Waals surface area contributed by atoms with E-state index in [2.05, 4.69) is 41.5 Å². The van der Waals surface area contributed by atoms with Crippen LogP contribution in [0.25, 0.3) is 0 Å². The Morgan fingerprint density at radius 1 is 0.794 bits per heavy atom. The quantitative estimate of drug-likeness (QED) is 0.381. The van der Waals surface area contributed by atoms with E-state index in [9.17, 15) is 4.79 Å². The molecule has 6 aliphatic carbocycles. The van der Waals surface area contributed by atoms with Gasteiger partial charge in [-0.25, -0.2) is 0 Å². The molecule has 34 heavy (non-hydrogen) atoms. The van der Waals surface area contributed by atoms with Crippen molar-refractivity contribution in [1.29, 1.82) is 0 Å². The summed E-state index contributed by atoms with van der Waals surface area (Å²) in [5.74, 6) is 7.09. The van der Waals surface area contributed by atoms with Crippen LogP contribution in [0.5, 0.6) is 0 Å². The second-order valence-corrected chi connectivity index (χ2v) is 15.5. The van der Waals surface area contributed by atoms with E-state index >= 15 is 0 Å². The number of carbonyl (C=O) groups excluding carboxylic acids is 1. The van der Waals surface area contributed by atoms with E-state index < -0.39 is 0 Å². The first-order valence-electron chi connectivity index (χ1n) is 15.1. The molecular formula is C32H52O2. The van der Waals surface area contributed by atoms with Gasteiger partial charge in [0.15, 0.2) is 0 Å². The summed E-state index contributed by atoms with van der Waals surface area (Å²) in [5.41, 5.74) is 2.03. The van der Waals surface area contributed by atoms with Crippen LogP contribution in [0.3, 0.4) is 0 Å². The van der Waals surface area contributed by atoms with Crippen molar-refractivity contribution in [2.45, 2.75) is 125 Å². The van der Waals surface area contributed by atoms with Crippen molar-refractivity contribution in [2.75, 3.05) is 0 Å². The zero-order valence-electron chi connectivity index (χ0n) is 23.3. The molecule has 0 aromatic carbocycles. The maximum atomic E-state index is 11.6. The first kappa shape index (κ1) is 23.8. The highest BCUT2D eigenvalue weighted by atomic mass is 16.5. The lowest BCUT2D eigenvalue weighted by Crippen LogP contribution is -2.65. The lowest BCUT2D eigenvalue weighted by molar-refractivity contribution is -0.230. The fourth-order valence-corrected chi connectivity index (χ4v) is 12.3. The van der Waals surface area contributed by atoms with Crippen molar-refractivity contribution < 1.29 is 9.53 Å². The largest absolute Gasteiger partial charge is 0.463 e. The maximum Gasteiger partial charge on any atom is 0.302 e. The smallest absolute Gasteiger partial charge is 0.302 e. The Kier molecular flexibility index (Phi) is 5.26. The van der Waals surface area contributed by atoms with Gasteiger partial charge in [-0.2, -0.15) is 0 Å². The summed E-state index contributed by atoms with van der Waals surface area (Å²) in [6.45, 7) is 17.8. The number of ether oxygens (including phenoxy) is 1. The van der Waals surface area contributed by atoms with Gasteiger partial charge in [-0.3, -0.25) is 4.79 Å². The number of hydrogen-bond acceptors (Lipinski definition) is 2. The van der Waals surface area contributed by atoms with Crippen LogP contribution in [0.15, 0.2) is 0 Å². The summed E-state index contributed by atoms with van der Waals surface area (Å²) in [6.07, 6.45) is 15.4. The molecule has 0 aromatic heterocycles. The van der Waals surface area contributed by atoms with Crippen molar-refractivity contribution in [2.24, 2.45) is 69.0 Å². The lowest BCUT2D eigenvalue weighted by Gasteiger charge is -2.71. The van der Waals surface area contributed by atoms with E-state index in [-0.39, 0.29) is 12.1 Å². The molecule has 6 rings (SSSR count). The molecule has 0 amide bonds. The highest BCUT2D eigenvalue weighted by Crippen LogP contribution is 2.81. The monoisotopic (exact) mass is 468 g/mol. The van der Waals surface area contributed by atoms with Crippen molar-refractivity contribution >= 4 is 5.97 Å². The number of hydrogen-bond donors (Lipinski definition) is 0. The molecule has 0 radical (unpaired) electrons. The Morgan fingerprint density at radius 2 is 1.47 bits per heavy atom. The van der Waals surface area contributed by atoms with E-state index in [0.29, 0.717) is 21.7 Å². The van der Waals surface area contributed by atoms with Gasteiger partial charge >= 0.3 is 5.97 Å². The third-order valence-corrected chi connectivity index (χ3v) is 14.7. The van der Waals surface area contributed by atoms with Gasteiger partial charge in [0.2, 0.25) is 0 Å². The molecule has 0 saturated heterocycles. The Bertz CT molecular complexity index is 840. The summed E-state index contributed by atoms with van der Waals surface area (Å²) in [6, 6.07) is 0. The average Bonchev–Trinajstić information content (AvgIpc) is 3.45. The standard InChI is InChI=1S/C32H52O2/c1-19-28-25-10-8-21-18-22(34-20(2)33)9-11-23(21)24(25)12-13-26(28)32(7)27(30(5)16-17-30)14-15-31(32,6)29(19,3)4/h19,21-28H,8-18H2,1-7H3. The van der Waals surface area contributed by atoms with Crippen LogP contribution in [-0.2, 0) is 9.53 Å². The fraction of sp³-hybridized carbons (Fsp3) is 0.969. The second kappa shape index (κ2) is 7.50. The molecule has 6 fully saturated rings. The molecule has 0 aromatic rings. The van der Waals surface area contributed by atoms with Gasteiger partial charge in [0.1, 0.15) is 6.10 Å². The minimum Gasteiger partial charge on any atom is -0.463 e. The number of fused-ring (bicyclic) bond motifs is 7. The van der Waals surface area contributed by atoms with Gasteiger partial charge in [-0.1, -0.05) is 41.5 Å². The topological polar surface area (TPSA) is 26.3 Å². The van der Waals surface area contributed by atoms with Crippen LogP contribution in [0.1, 0.15) is 119 Å². The Labute approximate surface area is 209 Å². The molecule has 11 unspecified atom stereocenters.